The van der Waals surface area contributed by atoms with Crippen LogP contribution in [0.4, 0.5) is 5.69 Å². The van der Waals surface area contributed by atoms with Gasteiger partial charge in [0.2, 0.25) is 0 Å². The monoisotopic (exact) mass is 425 g/mol. The molecule has 1 N–H and O–H groups in total. The van der Waals surface area contributed by atoms with Crippen LogP contribution in [0, 0.1) is 0 Å². The molecule has 158 valence electrons. The Balaban J connectivity index is 1.51. The van der Waals surface area contributed by atoms with E-state index in [9.17, 15) is 9.59 Å². The number of pyridine rings is 1. The first-order valence-corrected chi connectivity index (χ1v) is 10.2. The Kier molecular flexibility index (Phi) is 4.91. The van der Waals surface area contributed by atoms with Gasteiger partial charge < -0.3 is 18.9 Å². The topological polar surface area (TPSA) is 85.8 Å². The highest BCUT2D eigenvalue weighted by Crippen LogP contribution is 2.29. The molecule has 0 fully saturated rings. The van der Waals surface area contributed by atoms with E-state index in [0.29, 0.717) is 34.7 Å². The van der Waals surface area contributed by atoms with E-state index >= 15 is 0 Å². The Morgan fingerprint density at radius 1 is 1.09 bits per heavy atom. The van der Waals surface area contributed by atoms with Gasteiger partial charge in [0, 0.05) is 23.3 Å². The fourth-order valence-electron chi connectivity index (χ4n) is 3.61. The van der Waals surface area contributed by atoms with E-state index in [2.05, 4.69) is 10.3 Å². The fourth-order valence-corrected chi connectivity index (χ4v) is 3.61. The molecule has 7 nitrogen and oxygen atoms in total. The molecule has 2 aromatic carbocycles. The molecule has 0 atom stereocenters. The number of imidazole rings is 1. The van der Waals surface area contributed by atoms with E-state index in [1.165, 1.54) is 6.07 Å². The van der Waals surface area contributed by atoms with E-state index in [-0.39, 0.29) is 5.56 Å². The average Bonchev–Trinajstić information content (AvgIpc) is 3.24. The number of amides is 1. The van der Waals surface area contributed by atoms with Gasteiger partial charge in [0.05, 0.1) is 18.0 Å². The summed E-state index contributed by atoms with van der Waals surface area (Å²) < 4.78 is 12.9. The number of anilines is 1. The van der Waals surface area contributed by atoms with Crippen molar-refractivity contribution in [1.82, 2.24) is 9.38 Å². The summed E-state index contributed by atoms with van der Waals surface area (Å²) in [6.45, 7) is 2.28. The molecule has 0 unspecified atom stereocenters. The van der Waals surface area contributed by atoms with Crippen molar-refractivity contribution in [3.63, 3.8) is 0 Å². The van der Waals surface area contributed by atoms with Gasteiger partial charge in [0.1, 0.15) is 11.2 Å². The van der Waals surface area contributed by atoms with E-state index in [0.717, 1.165) is 11.2 Å². The third kappa shape index (κ3) is 3.50. The molecule has 7 heteroatoms. The number of rotatable bonds is 5. The number of benzene rings is 2. The number of carbonyl (C=O) groups is 1. The molecule has 0 saturated carbocycles. The van der Waals surface area contributed by atoms with Crippen LogP contribution < -0.4 is 15.7 Å². The minimum Gasteiger partial charge on any atom is -0.490 e. The molecule has 0 bridgehead atoms. The zero-order chi connectivity index (χ0) is 22.1. The van der Waals surface area contributed by atoms with Crippen molar-refractivity contribution in [1.29, 1.82) is 0 Å². The van der Waals surface area contributed by atoms with Crippen molar-refractivity contribution in [2.75, 3.05) is 11.9 Å². The van der Waals surface area contributed by atoms with Crippen LogP contribution >= 0.6 is 0 Å². The lowest BCUT2D eigenvalue weighted by molar-refractivity contribution is 0.102. The molecule has 0 radical (unpaired) electrons. The summed E-state index contributed by atoms with van der Waals surface area (Å²) in [5, 5.41) is 3.44. The first-order valence-electron chi connectivity index (χ1n) is 10.2. The minimum atomic E-state index is -0.729. The zero-order valence-corrected chi connectivity index (χ0v) is 17.2. The number of fused-ring (bicyclic) bond motifs is 2. The molecule has 0 aliphatic heterocycles. The molecule has 32 heavy (non-hydrogen) atoms. The van der Waals surface area contributed by atoms with Crippen molar-refractivity contribution in [3.8, 4) is 17.0 Å². The molecule has 1 amide bonds. The predicted octanol–water partition coefficient (Wildman–Crippen LogP) is 4.76. The highest BCUT2D eigenvalue weighted by atomic mass is 16.5. The zero-order valence-electron chi connectivity index (χ0n) is 17.2. The maximum Gasteiger partial charge on any atom is 0.349 e. The Morgan fingerprint density at radius 3 is 2.78 bits per heavy atom. The molecular weight excluding hydrogens is 406 g/mol. The standard InChI is InChI=1S/C25H19N3O4/c1-2-31-21-11-7-8-16-14-18(25(30)32-23(16)21)24(29)27-19-10-4-3-9-17(19)20-15-28-13-6-5-12-22(28)26-20/h3-15H,2H2,1H3,(H,27,29). The van der Waals surface area contributed by atoms with Crippen LogP contribution in [-0.2, 0) is 0 Å². The van der Waals surface area contributed by atoms with Crippen LogP contribution in [0.1, 0.15) is 17.3 Å². The molecule has 3 aromatic heterocycles. The normalized spacial score (nSPS) is 11.0. The average molecular weight is 425 g/mol. The van der Waals surface area contributed by atoms with Crippen LogP contribution in [0.2, 0.25) is 0 Å². The number of carbonyl (C=O) groups excluding carboxylic acids is 1. The summed E-state index contributed by atoms with van der Waals surface area (Å²) in [5.41, 5.74) is 2.30. The summed E-state index contributed by atoms with van der Waals surface area (Å²) in [5.74, 6) is -0.0927. The molecule has 0 saturated heterocycles. The van der Waals surface area contributed by atoms with Gasteiger partial charge in [-0.1, -0.05) is 36.4 Å². The number of nitrogens with one attached hydrogen (secondary N) is 1. The third-order valence-corrected chi connectivity index (χ3v) is 5.08. The number of hydrogen-bond donors (Lipinski definition) is 1. The fraction of sp³-hybridized carbons (Fsp3) is 0.0800. The first kappa shape index (κ1) is 19.6. The van der Waals surface area contributed by atoms with E-state index < -0.39 is 11.5 Å². The lowest BCUT2D eigenvalue weighted by Crippen LogP contribution is -2.21. The predicted molar refractivity (Wildman–Crippen MR) is 122 cm³/mol. The maximum absolute atomic E-state index is 13.0. The summed E-state index contributed by atoms with van der Waals surface area (Å²) in [6.07, 6.45) is 3.80. The Hall–Kier alpha value is -4.39. The van der Waals surface area contributed by atoms with Crippen LogP contribution in [0.5, 0.6) is 5.75 Å². The van der Waals surface area contributed by atoms with Gasteiger partial charge in [-0.15, -0.1) is 0 Å². The molecular formula is C25H19N3O4. The van der Waals surface area contributed by atoms with Crippen molar-refractivity contribution < 1.29 is 13.9 Å². The molecule has 0 aliphatic carbocycles. The van der Waals surface area contributed by atoms with Crippen molar-refractivity contribution >= 4 is 28.2 Å². The van der Waals surface area contributed by atoms with Crippen LogP contribution in [-0.4, -0.2) is 21.9 Å². The largest absolute Gasteiger partial charge is 0.490 e. The Morgan fingerprint density at radius 2 is 1.94 bits per heavy atom. The van der Waals surface area contributed by atoms with Crippen LogP contribution in [0.25, 0.3) is 27.9 Å². The second kappa shape index (κ2) is 8.03. The van der Waals surface area contributed by atoms with Gasteiger partial charge in [0.25, 0.3) is 5.91 Å². The van der Waals surface area contributed by atoms with Gasteiger partial charge in [-0.3, -0.25) is 4.79 Å². The highest BCUT2D eigenvalue weighted by Gasteiger charge is 2.18. The lowest BCUT2D eigenvalue weighted by atomic mass is 10.1. The van der Waals surface area contributed by atoms with E-state index in [1.54, 1.807) is 24.3 Å². The summed E-state index contributed by atoms with van der Waals surface area (Å²) in [6, 6.07) is 19.9. The van der Waals surface area contributed by atoms with Crippen LogP contribution in [0.15, 0.2) is 88.3 Å². The molecule has 5 aromatic rings. The summed E-state index contributed by atoms with van der Waals surface area (Å²) in [7, 11) is 0. The SMILES string of the molecule is CCOc1cccc2cc(C(=O)Nc3ccccc3-c3cn4ccccc4n3)c(=O)oc12. The number of hydrogen-bond acceptors (Lipinski definition) is 5. The second-order valence-electron chi connectivity index (χ2n) is 7.15. The molecule has 0 aliphatic rings. The molecule has 3 heterocycles. The summed E-state index contributed by atoms with van der Waals surface area (Å²) in [4.78, 5) is 30.2. The number of para-hydroxylation sites is 2. The Labute approximate surface area is 182 Å². The van der Waals surface area contributed by atoms with Gasteiger partial charge in [-0.05, 0) is 37.3 Å². The molecule has 0 spiro atoms. The number of aromatic nitrogens is 2. The van der Waals surface area contributed by atoms with Gasteiger partial charge >= 0.3 is 5.63 Å². The minimum absolute atomic E-state index is 0.0871. The van der Waals surface area contributed by atoms with Crippen molar-refractivity contribution in [2.24, 2.45) is 0 Å². The van der Waals surface area contributed by atoms with Gasteiger partial charge in [-0.25, -0.2) is 9.78 Å². The van der Waals surface area contributed by atoms with E-state index in [4.69, 9.17) is 9.15 Å². The number of nitrogens with zero attached hydrogens (tertiary/aromatic N) is 2. The van der Waals surface area contributed by atoms with Crippen LogP contribution in [0.3, 0.4) is 0 Å². The van der Waals surface area contributed by atoms with Crippen molar-refractivity contribution in [2.45, 2.75) is 6.92 Å². The third-order valence-electron chi connectivity index (χ3n) is 5.08. The van der Waals surface area contributed by atoms with Gasteiger partial charge in [-0.2, -0.15) is 0 Å². The second-order valence-corrected chi connectivity index (χ2v) is 7.15. The Bertz CT molecular complexity index is 1480. The quantitative estimate of drug-likeness (QED) is 0.411. The summed E-state index contributed by atoms with van der Waals surface area (Å²) >= 11 is 0. The molecule has 5 rings (SSSR count). The lowest BCUT2D eigenvalue weighted by Gasteiger charge is -2.10. The van der Waals surface area contributed by atoms with Crippen molar-refractivity contribution in [3.05, 3.63) is 95.1 Å². The van der Waals surface area contributed by atoms with Gasteiger partial charge in [0.15, 0.2) is 11.3 Å². The first-order chi connectivity index (χ1) is 15.6. The smallest absolute Gasteiger partial charge is 0.349 e. The number of ether oxygens (including phenoxy) is 1. The van der Waals surface area contributed by atoms with E-state index in [1.807, 2.05) is 60.1 Å². The maximum atomic E-state index is 13.0. The highest BCUT2D eigenvalue weighted by molar-refractivity contribution is 6.07.